The van der Waals surface area contributed by atoms with E-state index >= 15 is 0 Å². The number of hydrogen-bond acceptors (Lipinski definition) is 17. The first-order chi connectivity index (χ1) is 32.0. The molecule has 14 N–H and O–H groups in total. The maximum absolute atomic E-state index is 14.3. The minimum atomic E-state index is -2.29. The molecule has 24 nitrogen and oxygen atoms in total. The van der Waals surface area contributed by atoms with Crippen molar-refractivity contribution in [3.05, 3.63) is 59.7 Å². The Morgan fingerprint density at radius 3 is 1.90 bits per heavy atom. The highest BCUT2D eigenvalue weighted by molar-refractivity contribution is 6.00. The summed E-state index contributed by atoms with van der Waals surface area (Å²) in [7, 11) is 0. The average molecular weight is 956 g/mol. The van der Waals surface area contributed by atoms with Crippen LogP contribution in [0.1, 0.15) is 62.6 Å². The molecule has 2 unspecified atom stereocenters. The number of carbonyl (C=O) groups is 7. The Labute approximate surface area is 389 Å². The van der Waals surface area contributed by atoms with E-state index in [-0.39, 0.29) is 29.2 Å². The van der Waals surface area contributed by atoms with Crippen molar-refractivity contribution < 1.29 is 84.3 Å². The monoisotopic (exact) mass is 955 g/mol. The fourth-order valence-corrected chi connectivity index (χ4v) is 8.05. The van der Waals surface area contributed by atoms with Gasteiger partial charge in [-0.3, -0.25) is 33.6 Å². The third-order valence-electron chi connectivity index (χ3n) is 11.9. The van der Waals surface area contributed by atoms with Gasteiger partial charge in [0, 0.05) is 44.3 Å². The number of phenolic OH excluding ortho intramolecular Hbond substituents is 1. The summed E-state index contributed by atoms with van der Waals surface area (Å²) in [6.45, 7) is 4.19. The van der Waals surface area contributed by atoms with Gasteiger partial charge in [-0.25, -0.2) is 0 Å². The number of fused-ring (bicyclic) bond motifs is 2. The SMILES string of the molecule is CC#COc1ccc(C(=O)N[C@H]2C[C@@H](O)[C@@H](O)NC(=O)[C@@H]3[C@@H](O)[C@@H](C)CN3C(=O)[C@H](C(C)O)NC(=O)[C@H]([C@H](O)[C@@H](O)c3ccc(O)cc3)NC(=O)[C@@H]3C[C@@H](O)CN3C(=O)[C@H](C(C)O)NC2=O)cc1. The van der Waals surface area contributed by atoms with Crippen LogP contribution in [0, 0.1) is 17.9 Å². The van der Waals surface area contributed by atoms with Gasteiger partial charge in [-0.15, -0.1) is 0 Å². The predicted molar refractivity (Wildman–Crippen MR) is 232 cm³/mol. The fraction of sp³-hybridized carbons (Fsp3) is 0.523. The second kappa shape index (κ2) is 22.6. The lowest BCUT2D eigenvalue weighted by atomic mass is 9.96. The zero-order chi connectivity index (χ0) is 50.3. The molecule has 68 heavy (non-hydrogen) atoms. The smallest absolute Gasteiger partial charge is 0.251 e. The molecule has 0 aliphatic carbocycles. The van der Waals surface area contributed by atoms with Crippen LogP contribution in [0.25, 0.3) is 0 Å². The minimum absolute atomic E-state index is 0.0556. The largest absolute Gasteiger partial charge is 0.508 e. The van der Waals surface area contributed by atoms with Crippen molar-refractivity contribution in [3.63, 3.8) is 0 Å². The van der Waals surface area contributed by atoms with Gasteiger partial charge in [-0.05, 0) is 55.8 Å². The molecule has 2 aromatic rings. The van der Waals surface area contributed by atoms with Gasteiger partial charge in [-0.2, -0.15) is 0 Å². The Morgan fingerprint density at radius 1 is 0.735 bits per heavy atom. The van der Waals surface area contributed by atoms with Gasteiger partial charge in [0.2, 0.25) is 35.4 Å². The van der Waals surface area contributed by atoms with Crippen LogP contribution in [0.3, 0.4) is 0 Å². The normalized spacial score (nSPS) is 30.6. The first-order valence-electron chi connectivity index (χ1n) is 21.6. The van der Waals surface area contributed by atoms with Gasteiger partial charge < -0.3 is 87.1 Å². The van der Waals surface area contributed by atoms with Crippen LogP contribution in [-0.2, 0) is 28.8 Å². The van der Waals surface area contributed by atoms with Crippen LogP contribution >= 0.6 is 0 Å². The number of nitrogens with zero attached hydrogens (tertiary/aromatic N) is 2. The number of carbonyl (C=O) groups excluding carboxylic acids is 7. The molecule has 0 bridgehead atoms. The summed E-state index contributed by atoms with van der Waals surface area (Å²) in [5.41, 5.74) is -0.132. The number of benzene rings is 2. The first-order valence-corrected chi connectivity index (χ1v) is 21.6. The van der Waals surface area contributed by atoms with E-state index in [1.165, 1.54) is 50.2 Å². The van der Waals surface area contributed by atoms with E-state index in [2.05, 4.69) is 38.6 Å². The minimum Gasteiger partial charge on any atom is -0.508 e. The first kappa shape index (κ1) is 52.5. The summed E-state index contributed by atoms with van der Waals surface area (Å²) in [6, 6.07) is -1.59. The summed E-state index contributed by atoms with van der Waals surface area (Å²) in [5.74, 6) is -6.75. The van der Waals surface area contributed by atoms with Crippen LogP contribution in [0.15, 0.2) is 48.5 Å². The van der Waals surface area contributed by atoms with Crippen LogP contribution in [0.2, 0.25) is 0 Å². The van der Waals surface area contributed by atoms with E-state index < -0.39 is 152 Å². The highest BCUT2D eigenvalue weighted by atomic mass is 16.5. The lowest BCUT2D eigenvalue weighted by molar-refractivity contribution is -0.148. The lowest BCUT2D eigenvalue weighted by Gasteiger charge is -2.34. The lowest BCUT2D eigenvalue weighted by Crippen LogP contribution is -2.64. The Kier molecular flexibility index (Phi) is 17.4. The molecule has 3 aliphatic rings. The number of ether oxygens (including phenoxy) is 1. The molecule has 3 heterocycles. The number of aliphatic hydroxyl groups excluding tert-OH is 8. The second-order valence-electron chi connectivity index (χ2n) is 17.0. The van der Waals surface area contributed by atoms with E-state index in [1.807, 2.05) is 0 Å². The Morgan fingerprint density at radius 2 is 1.31 bits per heavy atom. The molecule has 3 fully saturated rings. The standard InChI is InChI=1S/C44H57N7O17/c1-5-14-68-26-12-8-23(9-13-26)37(60)45-27-16-29(56)40(63)49-42(65)33-34(57)19(2)17-51(33)44(67)31(21(4)53)47-41(64)32(36(59)35(58)22-6-10-24(54)11-7-22)48-39(62)28-15-25(55)18-50(28)43(66)30(20(3)52)46-38(27)61/h6-13,19-21,25,27-36,40,52-59,63H,15-18H2,1-4H3,(H,45,60)(H,46,61)(H,47,64)(H,48,62)(H,49,65)/t19-,20?,21?,25+,27-,28-,29+,30-,31-,32-,33-,34-,35-,36-,40+/m0/s1. The van der Waals surface area contributed by atoms with Crippen LogP contribution in [-0.4, -0.2) is 189 Å². The molecule has 7 amide bonds. The molecule has 370 valence electrons. The number of nitrogens with one attached hydrogen (secondary N) is 5. The summed E-state index contributed by atoms with van der Waals surface area (Å²) in [5, 5.41) is 110. The number of hydrogen-bond donors (Lipinski definition) is 14. The second-order valence-corrected chi connectivity index (χ2v) is 17.0. The Hall–Kier alpha value is -6.43. The van der Waals surface area contributed by atoms with Crippen molar-refractivity contribution in [2.45, 2.75) is 126 Å². The van der Waals surface area contributed by atoms with Gasteiger partial charge in [0.15, 0.2) is 6.23 Å². The zero-order valence-electron chi connectivity index (χ0n) is 37.3. The molecule has 3 aliphatic heterocycles. The van der Waals surface area contributed by atoms with Crippen LogP contribution in [0.5, 0.6) is 11.5 Å². The van der Waals surface area contributed by atoms with Crippen molar-refractivity contribution in [1.29, 1.82) is 0 Å². The molecule has 0 aromatic heterocycles. The Balaban J connectivity index is 1.58. The Bertz CT molecular complexity index is 2240. The number of amides is 7. The summed E-state index contributed by atoms with van der Waals surface area (Å²) >= 11 is 0. The van der Waals surface area contributed by atoms with Crippen molar-refractivity contribution in [3.8, 4) is 23.5 Å². The highest BCUT2D eigenvalue weighted by Crippen LogP contribution is 2.27. The third-order valence-corrected chi connectivity index (χ3v) is 11.9. The predicted octanol–water partition coefficient (Wildman–Crippen LogP) is -5.47. The number of phenols is 1. The van der Waals surface area contributed by atoms with Crippen molar-refractivity contribution >= 4 is 41.4 Å². The molecule has 24 heteroatoms. The number of aliphatic hydroxyl groups is 8. The number of rotatable bonds is 8. The molecule has 2 aromatic carbocycles. The number of aromatic hydroxyl groups is 1. The quantitative estimate of drug-likeness (QED) is 0.110. The van der Waals surface area contributed by atoms with E-state index in [1.54, 1.807) is 0 Å². The maximum atomic E-state index is 14.3. The molecule has 0 radical (unpaired) electrons. The van der Waals surface area contributed by atoms with Crippen LogP contribution in [0.4, 0.5) is 0 Å². The maximum Gasteiger partial charge on any atom is 0.251 e. The van der Waals surface area contributed by atoms with E-state index in [9.17, 15) is 79.5 Å². The van der Waals surface area contributed by atoms with Gasteiger partial charge in [0.25, 0.3) is 5.91 Å². The highest BCUT2D eigenvalue weighted by Gasteiger charge is 2.50. The third kappa shape index (κ3) is 12.2. The van der Waals surface area contributed by atoms with Crippen molar-refractivity contribution in [2.75, 3.05) is 13.1 Å². The van der Waals surface area contributed by atoms with Crippen molar-refractivity contribution in [1.82, 2.24) is 36.4 Å². The molecule has 0 saturated carbocycles. The van der Waals surface area contributed by atoms with Gasteiger partial charge >= 0.3 is 0 Å². The van der Waals surface area contributed by atoms with Gasteiger partial charge in [0.1, 0.15) is 72.2 Å². The molecule has 3 saturated heterocycles. The molecule has 5 rings (SSSR count). The topological polar surface area (TPSA) is 377 Å². The van der Waals surface area contributed by atoms with E-state index in [4.69, 9.17) is 4.74 Å². The van der Waals surface area contributed by atoms with Gasteiger partial charge in [-0.1, -0.05) is 25.0 Å². The van der Waals surface area contributed by atoms with Crippen LogP contribution < -0.4 is 31.3 Å². The van der Waals surface area contributed by atoms with E-state index in [0.29, 0.717) is 0 Å². The fourth-order valence-electron chi connectivity index (χ4n) is 8.05. The molecular weight excluding hydrogens is 899 g/mol. The van der Waals surface area contributed by atoms with Gasteiger partial charge in [0.05, 0.1) is 24.4 Å². The molecule has 0 spiro atoms. The summed E-state index contributed by atoms with van der Waals surface area (Å²) in [4.78, 5) is 100.0. The van der Waals surface area contributed by atoms with Crippen molar-refractivity contribution in [2.24, 2.45) is 5.92 Å². The zero-order valence-corrected chi connectivity index (χ0v) is 37.3. The molecular formula is C44H57N7O17. The average Bonchev–Trinajstić information content (AvgIpc) is 3.84. The summed E-state index contributed by atoms with van der Waals surface area (Å²) in [6.07, 6.45) is -14.3. The summed E-state index contributed by atoms with van der Waals surface area (Å²) < 4.78 is 5.19. The van der Waals surface area contributed by atoms with E-state index in [0.717, 1.165) is 35.8 Å². The molecule has 15 atom stereocenters.